The van der Waals surface area contributed by atoms with Crippen molar-refractivity contribution in [2.45, 2.75) is 20.4 Å². The maximum atomic E-state index is 12.5. The maximum Gasteiger partial charge on any atom is 0.356 e. The number of rotatable bonds is 5. The van der Waals surface area contributed by atoms with Crippen LogP contribution in [0.4, 0.5) is 0 Å². The van der Waals surface area contributed by atoms with Crippen LogP contribution < -0.4 is 0 Å². The first kappa shape index (κ1) is 16.7. The summed E-state index contributed by atoms with van der Waals surface area (Å²) in [6.07, 6.45) is 1.74. The first-order valence-corrected chi connectivity index (χ1v) is 7.29. The van der Waals surface area contributed by atoms with Gasteiger partial charge in [0, 0.05) is 45.0 Å². The average molecular weight is 319 g/mol. The second-order valence-corrected chi connectivity index (χ2v) is 5.30. The largest absolute Gasteiger partial charge is 0.461 e. The van der Waals surface area contributed by atoms with Gasteiger partial charge in [-0.05, 0) is 13.8 Å². The minimum absolute atomic E-state index is 0.208. The topological polar surface area (TPSA) is 82.2 Å². The van der Waals surface area contributed by atoms with E-state index in [1.807, 2.05) is 14.0 Å². The molecule has 23 heavy (non-hydrogen) atoms. The Kier molecular flexibility index (Phi) is 4.83. The van der Waals surface area contributed by atoms with E-state index in [1.165, 1.54) is 10.7 Å². The van der Waals surface area contributed by atoms with Crippen molar-refractivity contribution in [3.05, 3.63) is 34.9 Å². The zero-order valence-electron chi connectivity index (χ0n) is 14.0. The molecule has 0 saturated heterocycles. The van der Waals surface area contributed by atoms with Gasteiger partial charge in [0.05, 0.1) is 12.8 Å². The molecular weight excluding hydrogens is 298 g/mol. The van der Waals surface area contributed by atoms with Crippen molar-refractivity contribution in [3.8, 4) is 0 Å². The fourth-order valence-corrected chi connectivity index (χ4v) is 2.19. The van der Waals surface area contributed by atoms with E-state index < -0.39 is 5.97 Å². The van der Waals surface area contributed by atoms with E-state index in [4.69, 9.17) is 4.74 Å². The normalized spacial score (nSPS) is 10.7. The SMILES string of the molecule is CCOC(=O)c1cc(C(=O)N(C)Cc2cnn(C)c2C)nn1C. The molecule has 0 unspecified atom stereocenters. The molecule has 124 valence electrons. The van der Waals surface area contributed by atoms with Crippen LogP contribution in [0.1, 0.15) is 39.2 Å². The van der Waals surface area contributed by atoms with Gasteiger partial charge in [-0.3, -0.25) is 14.2 Å². The molecule has 0 aliphatic carbocycles. The molecule has 0 aromatic carbocycles. The smallest absolute Gasteiger partial charge is 0.356 e. The highest BCUT2D eigenvalue weighted by Crippen LogP contribution is 2.12. The van der Waals surface area contributed by atoms with Crippen molar-refractivity contribution in [2.75, 3.05) is 13.7 Å². The van der Waals surface area contributed by atoms with Gasteiger partial charge in [-0.1, -0.05) is 0 Å². The second kappa shape index (κ2) is 6.64. The molecule has 2 heterocycles. The number of carbonyl (C=O) groups excluding carboxylic acids is 2. The fraction of sp³-hybridized carbons (Fsp3) is 0.467. The molecule has 0 N–H and O–H groups in total. The monoisotopic (exact) mass is 319 g/mol. The number of amides is 1. The van der Waals surface area contributed by atoms with Crippen molar-refractivity contribution in [2.24, 2.45) is 14.1 Å². The quantitative estimate of drug-likeness (QED) is 0.765. The third kappa shape index (κ3) is 3.41. The van der Waals surface area contributed by atoms with E-state index in [2.05, 4.69) is 10.2 Å². The Hall–Kier alpha value is -2.64. The van der Waals surface area contributed by atoms with Crippen LogP contribution in [0.3, 0.4) is 0 Å². The molecule has 0 aliphatic rings. The summed E-state index contributed by atoms with van der Waals surface area (Å²) in [6, 6.07) is 1.45. The van der Waals surface area contributed by atoms with Gasteiger partial charge in [-0.15, -0.1) is 0 Å². The molecule has 1 amide bonds. The van der Waals surface area contributed by atoms with Crippen LogP contribution in [0.5, 0.6) is 0 Å². The molecule has 0 bridgehead atoms. The van der Waals surface area contributed by atoms with Gasteiger partial charge in [0.2, 0.25) is 0 Å². The van der Waals surface area contributed by atoms with Crippen LogP contribution in [0.25, 0.3) is 0 Å². The van der Waals surface area contributed by atoms with Crippen LogP contribution in [0, 0.1) is 6.92 Å². The first-order valence-electron chi connectivity index (χ1n) is 7.29. The zero-order valence-corrected chi connectivity index (χ0v) is 14.0. The maximum absolute atomic E-state index is 12.5. The number of hydrogen-bond donors (Lipinski definition) is 0. The summed E-state index contributed by atoms with van der Waals surface area (Å²) >= 11 is 0. The number of esters is 1. The lowest BCUT2D eigenvalue weighted by Crippen LogP contribution is -2.26. The summed E-state index contributed by atoms with van der Waals surface area (Å²) in [5, 5.41) is 8.27. The van der Waals surface area contributed by atoms with Crippen molar-refractivity contribution < 1.29 is 14.3 Å². The first-order chi connectivity index (χ1) is 10.8. The molecule has 0 atom stereocenters. The van der Waals surface area contributed by atoms with Crippen LogP contribution >= 0.6 is 0 Å². The summed E-state index contributed by atoms with van der Waals surface area (Å²) in [4.78, 5) is 25.8. The summed E-state index contributed by atoms with van der Waals surface area (Å²) < 4.78 is 8.05. The summed E-state index contributed by atoms with van der Waals surface area (Å²) in [5.74, 6) is -0.758. The highest BCUT2D eigenvalue weighted by molar-refractivity contribution is 5.95. The van der Waals surface area contributed by atoms with Gasteiger partial charge in [-0.25, -0.2) is 4.79 Å². The van der Waals surface area contributed by atoms with Gasteiger partial charge in [-0.2, -0.15) is 10.2 Å². The molecule has 2 aromatic rings. The molecule has 8 nitrogen and oxygen atoms in total. The van der Waals surface area contributed by atoms with Gasteiger partial charge in [0.1, 0.15) is 5.69 Å². The third-order valence-electron chi connectivity index (χ3n) is 3.67. The van der Waals surface area contributed by atoms with Gasteiger partial charge in [0.15, 0.2) is 5.69 Å². The molecular formula is C15H21N5O3. The van der Waals surface area contributed by atoms with Crippen LogP contribution in [0.15, 0.2) is 12.3 Å². The van der Waals surface area contributed by atoms with Gasteiger partial charge in [0.25, 0.3) is 5.91 Å². The molecule has 2 rings (SSSR count). The number of ether oxygens (including phenoxy) is 1. The molecule has 8 heteroatoms. The standard InChI is InChI=1S/C15H21N5O3/c1-6-23-15(22)13-7-12(17-20(13)5)14(21)18(3)9-11-8-16-19(4)10(11)2/h7-8H,6,9H2,1-5H3. The second-order valence-electron chi connectivity index (χ2n) is 5.30. The number of carbonyl (C=O) groups is 2. The number of nitrogens with zero attached hydrogens (tertiary/aromatic N) is 5. The molecule has 0 radical (unpaired) electrons. The van der Waals surface area contributed by atoms with Crippen LogP contribution in [-0.4, -0.2) is 50.0 Å². The minimum atomic E-state index is -0.493. The Morgan fingerprint density at radius 3 is 2.57 bits per heavy atom. The van der Waals surface area contributed by atoms with E-state index in [0.717, 1.165) is 11.3 Å². The highest BCUT2D eigenvalue weighted by atomic mass is 16.5. The summed E-state index contributed by atoms with van der Waals surface area (Å²) in [5.41, 5.74) is 2.42. The van der Waals surface area contributed by atoms with Crippen LogP contribution in [-0.2, 0) is 25.4 Å². The molecule has 2 aromatic heterocycles. The fourth-order valence-electron chi connectivity index (χ4n) is 2.19. The van der Waals surface area contributed by atoms with Crippen molar-refractivity contribution in [3.63, 3.8) is 0 Å². The highest BCUT2D eigenvalue weighted by Gasteiger charge is 2.21. The molecule has 0 saturated carbocycles. The molecule has 0 fully saturated rings. The molecule has 0 aliphatic heterocycles. The zero-order chi connectivity index (χ0) is 17.1. The van der Waals surface area contributed by atoms with E-state index in [1.54, 1.807) is 36.8 Å². The van der Waals surface area contributed by atoms with E-state index in [9.17, 15) is 9.59 Å². The Labute approximate surface area is 134 Å². The van der Waals surface area contributed by atoms with Gasteiger partial charge < -0.3 is 9.64 Å². The van der Waals surface area contributed by atoms with Gasteiger partial charge >= 0.3 is 5.97 Å². The predicted octanol–water partition coefficient (Wildman–Crippen LogP) is 0.911. The number of hydrogen-bond acceptors (Lipinski definition) is 5. The Bertz CT molecular complexity index is 732. The van der Waals surface area contributed by atoms with E-state index in [0.29, 0.717) is 6.54 Å². The van der Waals surface area contributed by atoms with Crippen molar-refractivity contribution in [1.82, 2.24) is 24.5 Å². The third-order valence-corrected chi connectivity index (χ3v) is 3.67. The number of aryl methyl sites for hydroxylation is 2. The van der Waals surface area contributed by atoms with Crippen molar-refractivity contribution >= 4 is 11.9 Å². The minimum Gasteiger partial charge on any atom is -0.461 e. The lowest BCUT2D eigenvalue weighted by molar-refractivity contribution is 0.0513. The van der Waals surface area contributed by atoms with E-state index in [-0.39, 0.29) is 23.9 Å². The lowest BCUT2D eigenvalue weighted by Gasteiger charge is -2.15. The summed E-state index contributed by atoms with van der Waals surface area (Å²) in [6.45, 7) is 4.36. The van der Waals surface area contributed by atoms with Crippen molar-refractivity contribution in [1.29, 1.82) is 0 Å². The average Bonchev–Trinajstić information content (AvgIpc) is 3.04. The molecule has 0 spiro atoms. The lowest BCUT2D eigenvalue weighted by atomic mass is 10.2. The Morgan fingerprint density at radius 2 is 2.00 bits per heavy atom. The summed E-state index contributed by atoms with van der Waals surface area (Å²) in [7, 11) is 5.15. The number of aromatic nitrogens is 4. The Balaban J connectivity index is 2.15. The van der Waals surface area contributed by atoms with Crippen LogP contribution in [0.2, 0.25) is 0 Å². The predicted molar refractivity (Wildman–Crippen MR) is 82.9 cm³/mol. The Morgan fingerprint density at radius 1 is 1.30 bits per heavy atom. The van der Waals surface area contributed by atoms with E-state index >= 15 is 0 Å².